The van der Waals surface area contributed by atoms with Gasteiger partial charge in [-0.3, -0.25) is 4.79 Å². The zero-order valence-electron chi connectivity index (χ0n) is 11.7. The van der Waals surface area contributed by atoms with E-state index < -0.39 is 0 Å². The summed E-state index contributed by atoms with van der Waals surface area (Å²) >= 11 is 3.43. The van der Waals surface area contributed by atoms with E-state index in [1.54, 1.807) is 4.90 Å². The number of carbonyl (C=O) groups excluding carboxylic acids is 1. The summed E-state index contributed by atoms with van der Waals surface area (Å²) in [5.74, 6) is 1.01. The maximum Gasteiger partial charge on any atom is 0.249 e. The molecule has 1 unspecified atom stereocenters. The molecule has 1 fully saturated rings. The van der Waals surface area contributed by atoms with E-state index in [2.05, 4.69) is 25.8 Å². The highest BCUT2D eigenvalue weighted by Crippen LogP contribution is 2.37. The van der Waals surface area contributed by atoms with Gasteiger partial charge in [0.05, 0.1) is 5.69 Å². The van der Waals surface area contributed by atoms with Crippen molar-refractivity contribution >= 4 is 33.3 Å². The van der Waals surface area contributed by atoms with Gasteiger partial charge in [0.1, 0.15) is 10.6 Å². The van der Waals surface area contributed by atoms with Crippen LogP contribution in [0, 0.1) is 0 Å². The molecule has 0 bridgehead atoms. The van der Waals surface area contributed by atoms with Crippen LogP contribution in [0.3, 0.4) is 0 Å². The first kappa shape index (κ1) is 13.8. The lowest BCUT2D eigenvalue weighted by Gasteiger charge is -2.44. The Bertz CT molecular complexity index is 531. The first-order chi connectivity index (χ1) is 9.59. The number of fused-ring (bicyclic) bond motifs is 1. The van der Waals surface area contributed by atoms with Gasteiger partial charge in [-0.25, -0.2) is 4.98 Å². The Balaban J connectivity index is 2.05. The van der Waals surface area contributed by atoms with Crippen molar-refractivity contribution in [3.8, 4) is 0 Å². The Hall–Kier alpha value is -1.14. The summed E-state index contributed by atoms with van der Waals surface area (Å²) in [6.07, 6.45) is 1.88. The largest absolute Gasteiger partial charge is 0.381 e. The third-order valence-electron chi connectivity index (χ3n) is 4.12. The summed E-state index contributed by atoms with van der Waals surface area (Å²) in [5.41, 5.74) is 0.878. The third kappa shape index (κ3) is 2.20. The lowest BCUT2D eigenvalue weighted by Crippen LogP contribution is -2.56. The molecule has 2 aliphatic rings. The molecule has 1 saturated heterocycles. The van der Waals surface area contributed by atoms with Crippen molar-refractivity contribution in [2.45, 2.75) is 31.8 Å². The van der Waals surface area contributed by atoms with Crippen LogP contribution in [0.2, 0.25) is 0 Å². The zero-order valence-corrected chi connectivity index (χ0v) is 13.3. The molecule has 1 amide bonds. The quantitative estimate of drug-likeness (QED) is 0.736. The molecule has 2 aliphatic heterocycles. The zero-order chi connectivity index (χ0) is 14.3. The number of hydrogen-bond donors (Lipinski definition) is 0. The second kappa shape index (κ2) is 5.33. The molecule has 0 aromatic carbocycles. The minimum absolute atomic E-state index is 0.119. The fraction of sp³-hybridized carbons (Fsp3) is 0.571. The molecule has 1 aromatic rings. The number of aromatic nitrogens is 1. The van der Waals surface area contributed by atoms with Crippen LogP contribution >= 0.6 is 15.9 Å². The molecule has 1 aromatic heterocycles. The van der Waals surface area contributed by atoms with Crippen molar-refractivity contribution < 1.29 is 9.53 Å². The first-order valence-electron chi connectivity index (χ1n) is 6.90. The lowest BCUT2D eigenvalue weighted by atomic mass is 10.0. The second-order valence-electron chi connectivity index (χ2n) is 5.30. The average Bonchev–Trinajstić information content (AvgIpc) is 2.46. The van der Waals surface area contributed by atoms with Gasteiger partial charge < -0.3 is 14.5 Å². The van der Waals surface area contributed by atoms with Crippen LogP contribution in [0.15, 0.2) is 16.7 Å². The molecule has 108 valence electrons. The van der Waals surface area contributed by atoms with Crippen LogP contribution < -0.4 is 9.80 Å². The molecule has 5 nitrogen and oxygen atoms in total. The molecule has 3 rings (SSSR count). The molecule has 1 atom stereocenters. The van der Waals surface area contributed by atoms with Crippen LogP contribution in [0.1, 0.15) is 19.8 Å². The molecule has 3 heterocycles. The van der Waals surface area contributed by atoms with Crippen molar-refractivity contribution in [2.75, 3.05) is 30.1 Å². The van der Waals surface area contributed by atoms with Crippen LogP contribution in [0.25, 0.3) is 0 Å². The summed E-state index contributed by atoms with van der Waals surface area (Å²) in [7, 11) is 1.81. The van der Waals surface area contributed by atoms with E-state index in [1.807, 2.05) is 26.1 Å². The standard InChI is InChI=1S/C14H18BrN3O2/c1-9-14(19)17(2)11-3-4-12(15)16-13(11)18(9)10-5-7-20-8-6-10/h3-4,9-10H,5-8H2,1-2H3. The molecular weight excluding hydrogens is 322 g/mol. The monoisotopic (exact) mass is 339 g/mol. The number of likely N-dealkylation sites (N-methyl/N-ethyl adjacent to an activating group) is 1. The lowest BCUT2D eigenvalue weighted by molar-refractivity contribution is -0.119. The van der Waals surface area contributed by atoms with Crippen LogP contribution in [0.5, 0.6) is 0 Å². The molecule has 0 aliphatic carbocycles. The molecule has 0 spiro atoms. The number of hydrogen-bond acceptors (Lipinski definition) is 4. The van der Waals surface area contributed by atoms with E-state index in [-0.39, 0.29) is 11.9 Å². The van der Waals surface area contributed by atoms with Gasteiger partial charge in [-0.15, -0.1) is 0 Å². The number of halogens is 1. The third-order valence-corrected chi connectivity index (χ3v) is 4.56. The number of anilines is 2. The van der Waals surface area contributed by atoms with Gasteiger partial charge in [0.15, 0.2) is 5.82 Å². The highest BCUT2D eigenvalue weighted by atomic mass is 79.9. The second-order valence-corrected chi connectivity index (χ2v) is 6.11. The minimum Gasteiger partial charge on any atom is -0.381 e. The van der Waals surface area contributed by atoms with Gasteiger partial charge in [0.2, 0.25) is 5.91 Å². The van der Waals surface area contributed by atoms with Gasteiger partial charge in [-0.2, -0.15) is 0 Å². The van der Waals surface area contributed by atoms with E-state index >= 15 is 0 Å². The van der Waals surface area contributed by atoms with E-state index in [4.69, 9.17) is 4.74 Å². The summed E-state index contributed by atoms with van der Waals surface area (Å²) < 4.78 is 6.23. The van der Waals surface area contributed by atoms with Crippen LogP contribution in [-0.2, 0) is 9.53 Å². The van der Waals surface area contributed by atoms with Crippen molar-refractivity contribution in [3.63, 3.8) is 0 Å². The molecule has 20 heavy (non-hydrogen) atoms. The molecule has 0 N–H and O–H groups in total. The molecule has 0 radical (unpaired) electrons. The number of rotatable bonds is 1. The smallest absolute Gasteiger partial charge is 0.249 e. The van der Waals surface area contributed by atoms with E-state index in [1.165, 1.54) is 0 Å². The van der Waals surface area contributed by atoms with E-state index in [9.17, 15) is 4.79 Å². The van der Waals surface area contributed by atoms with Gasteiger partial charge in [-0.05, 0) is 47.8 Å². The van der Waals surface area contributed by atoms with Crippen LogP contribution in [0.4, 0.5) is 11.5 Å². The topological polar surface area (TPSA) is 45.7 Å². The number of pyridine rings is 1. The maximum atomic E-state index is 12.4. The summed E-state index contributed by atoms with van der Waals surface area (Å²) in [5, 5.41) is 0. The predicted molar refractivity (Wildman–Crippen MR) is 81.1 cm³/mol. The molecule has 0 saturated carbocycles. The highest BCUT2D eigenvalue weighted by Gasteiger charge is 2.38. The summed E-state index contributed by atoms with van der Waals surface area (Å²) in [4.78, 5) is 20.9. The van der Waals surface area contributed by atoms with Crippen molar-refractivity contribution in [1.82, 2.24) is 4.98 Å². The number of ether oxygens (including phenoxy) is 1. The maximum absolute atomic E-state index is 12.4. The van der Waals surface area contributed by atoms with Gasteiger partial charge >= 0.3 is 0 Å². The van der Waals surface area contributed by atoms with Crippen molar-refractivity contribution in [1.29, 1.82) is 0 Å². The minimum atomic E-state index is -0.183. The van der Waals surface area contributed by atoms with E-state index in [0.717, 1.165) is 42.2 Å². The summed E-state index contributed by atoms with van der Waals surface area (Å²) in [6, 6.07) is 3.96. The number of amides is 1. The normalized spacial score (nSPS) is 23.9. The molecular formula is C14H18BrN3O2. The Morgan fingerprint density at radius 3 is 2.75 bits per heavy atom. The Labute approximate surface area is 127 Å². The van der Waals surface area contributed by atoms with Gasteiger partial charge in [-0.1, -0.05) is 0 Å². The average molecular weight is 340 g/mol. The first-order valence-corrected chi connectivity index (χ1v) is 7.69. The van der Waals surface area contributed by atoms with E-state index in [0.29, 0.717) is 6.04 Å². The van der Waals surface area contributed by atoms with Gasteiger partial charge in [0.25, 0.3) is 0 Å². The van der Waals surface area contributed by atoms with Gasteiger partial charge in [0, 0.05) is 26.3 Å². The molecule has 6 heteroatoms. The van der Waals surface area contributed by atoms with Crippen LogP contribution in [-0.4, -0.2) is 43.2 Å². The van der Waals surface area contributed by atoms with Crippen molar-refractivity contribution in [3.05, 3.63) is 16.7 Å². The SMILES string of the molecule is CC1C(=O)N(C)c2ccc(Br)nc2N1C1CCOCC1. The Morgan fingerprint density at radius 2 is 2.05 bits per heavy atom. The number of nitrogens with zero attached hydrogens (tertiary/aromatic N) is 3. The Morgan fingerprint density at radius 1 is 1.35 bits per heavy atom. The predicted octanol–water partition coefficient (Wildman–Crippen LogP) is 2.19. The number of carbonyl (C=O) groups is 1. The summed E-state index contributed by atoms with van der Waals surface area (Å²) in [6.45, 7) is 3.46. The fourth-order valence-corrected chi connectivity index (χ4v) is 3.32. The highest BCUT2D eigenvalue weighted by molar-refractivity contribution is 9.10. The fourth-order valence-electron chi connectivity index (χ4n) is 3.02. The van der Waals surface area contributed by atoms with Crippen molar-refractivity contribution in [2.24, 2.45) is 0 Å². The Kier molecular flexibility index (Phi) is 3.69.